The molecule has 3 N–H and O–H groups in total. The summed E-state index contributed by atoms with van der Waals surface area (Å²) in [6, 6.07) is 18.0. The number of hydrogen-bond donors (Lipinski definition) is 1. The molecule has 0 spiro atoms. The Morgan fingerprint density at radius 2 is 1.75 bits per heavy atom. The number of aromatic amines is 1. The normalized spacial score (nSPS) is 9.88. The molecule has 0 aliphatic rings. The third-order valence-corrected chi connectivity index (χ3v) is 4.43. The van der Waals surface area contributed by atoms with Crippen LogP contribution in [0.15, 0.2) is 59.5 Å². The fourth-order valence-corrected chi connectivity index (χ4v) is 3.29. The van der Waals surface area contributed by atoms with Gasteiger partial charge in [0.15, 0.2) is 0 Å². The summed E-state index contributed by atoms with van der Waals surface area (Å²) in [5.41, 5.74) is 2.53. The first-order valence-electron chi connectivity index (χ1n) is 7.24. The molecule has 3 rings (SSSR count). The number of aromatic nitrogens is 1. The van der Waals surface area contributed by atoms with Crippen molar-refractivity contribution in [1.82, 2.24) is 4.98 Å². The first kappa shape index (κ1) is 20.1. The summed E-state index contributed by atoms with van der Waals surface area (Å²) in [4.78, 5) is 16.8. The quantitative estimate of drug-likeness (QED) is 0.543. The Morgan fingerprint density at radius 1 is 1.08 bits per heavy atom. The predicted octanol–water partition coefficient (Wildman–Crippen LogP) is 4.23. The molecule has 2 aromatic carbocycles. The average Bonchev–Trinajstić information content (AvgIpc) is 2.92. The Bertz CT molecular complexity index is 789. The van der Waals surface area contributed by atoms with E-state index >= 15 is 0 Å². The third kappa shape index (κ3) is 4.32. The van der Waals surface area contributed by atoms with Crippen LogP contribution in [0.25, 0.3) is 10.9 Å². The molecular formula is C18H20ClNO3S. The molecule has 0 fully saturated rings. The van der Waals surface area contributed by atoms with Gasteiger partial charge in [0, 0.05) is 27.2 Å². The lowest BCUT2D eigenvalue weighted by atomic mass is 10.1. The molecule has 0 saturated carbocycles. The van der Waals surface area contributed by atoms with Crippen molar-refractivity contribution in [2.75, 3.05) is 6.61 Å². The van der Waals surface area contributed by atoms with Crippen LogP contribution in [0.1, 0.15) is 23.0 Å². The fraction of sp³-hybridized carbons (Fsp3) is 0.167. The van der Waals surface area contributed by atoms with Gasteiger partial charge in [-0.1, -0.05) is 36.4 Å². The summed E-state index contributed by atoms with van der Waals surface area (Å²) in [6.45, 7) is 2.20. The van der Waals surface area contributed by atoms with Gasteiger partial charge in [-0.15, -0.1) is 24.2 Å². The fourth-order valence-electron chi connectivity index (χ4n) is 2.41. The highest BCUT2D eigenvalue weighted by atomic mass is 35.5. The number of fused-ring (bicyclic) bond motifs is 1. The summed E-state index contributed by atoms with van der Waals surface area (Å²) in [5.74, 6) is 0.441. The molecule has 0 amide bonds. The van der Waals surface area contributed by atoms with Gasteiger partial charge in [0.25, 0.3) is 0 Å². The molecule has 3 aromatic rings. The number of nitrogens with one attached hydrogen (secondary N) is 1. The average molecular weight is 366 g/mol. The van der Waals surface area contributed by atoms with Crippen LogP contribution >= 0.6 is 24.2 Å². The Morgan fingerprint density at radius 3 is 2.46 bits per heavy atom. The highest BCUT2D eigenvalue weighted by molar-refractivity contribution is 7.98. The maximum atomic E-state index is 12.3. The second-order valence-corrected chi connectivity index (χ2v) is 5.90. The van der Waals surface area contributed by atoms with Crippen molar-refractivity contribution < 1.29 is 15.0 Å². The van der Waals surface area contributed by atoms with E-state index in [0.717, 1.165) is 16.6 Å². The van der Waals surface area contributed by atoms with E-state index in [4.69, 9.17) is 4.74 Å². The Hall–Kier alpha value is -1.95. The van der Waals surface area contributed by atoms with Crippen molar-refractivity contribution in [2.24, 2.45) is 0 Å². The molecule has 1 heterocycles. The van der Waals surface area contributed by atoms with E-state index < -0.39 is 0 Å². The Labute approximate surface area is 151 Å². The van der Waals surface area contributed by atoms with Gasteiger partial charge in [-0.25, -0.2) is 4.79 Å². The van der Waals surface area contributed by atoms with Crippen molar-refractivity contribution in [3.05, 3.63) is 65.9 Å². The zero-order valence-corrected chi connectivity index (χ0v) is 14.9. The molecule has 1 aromatic heterocycles. The van der Waals surface area contributed by atoms with Crippen LogP contribution in [0.5, 0.6) is 0 Å². The van der Waals surface area contributed by atoms with Gasteiger partial charge in [0.2, 0.25) is 0 Å². The molecular weight excluding hydrogens is 346 g/mol. The third-order valence-electron chi connectivity index (χ3n) is 3.39. The minimum absolute atomic E-state index is 0. The number of thioether (sulfide) groups is 1. The van der Waals surface area contributed by atoms with Gasteiger partial charge >= 0.3 is 5.97 Å². The standard InChI is InChI=1S/C18H17NO2S.ClH.H2O/c1-2-21-18(20)17-14-10-6-7-11-15(14)19-16(17)12-22-13-8-4-3-5-9-13;;/h3-11,19H,2,12H2,1H3;1H;1H2. The number of H-pyrrole nitrogens is 1. The molecule has 6 heteroatoms. The zero-order valence-electron chi connectivity index (χ0n) is 13.2. The van der Waals surface area contributed by atoms with Crippen LogP contribution in [-0.4, -0.2) is 23.0 Å². The van der Waals surface area contributed by atoms with Crippen LogP contribution < -0.4 is 0 Å². The minimum Gasteiger partial charge on any atom is -0.462 e. The van der Waals surface area contributed by atoms with E-state index in [-0.39, 0.29) is 23.9 Å². The van der Waals surface area contributed by atoms with Gasteiger partial charge in [0.05, 0.1) is 12.2 Å². The van der Waals surface area contributed by atoms with Crippen LogP contribution in [0.4, 0.5) is 0 Å². The number of benzene rings is 2. The summed E-state index contributed by atoms with van der Waals surface area (Å²) in [6.07, 6.45) is 0. The summed E-state index contributed by atoms with van der Waals surface area (Å²) >= 11 is 1.70. The Kier molecular flexibility index (Phi) is 7.85. The molecule has 0 aliphatic heterocycles. The molecule has 0 aliphatic carbocycles. The first-order valence-corrected chi connectivity index (χ1v) is 8.22. The zero-order chi connectivity index (χ0) is 15.4. The van der Waals surface area contributed by atoms with Crippen molar-refractivity contribution in [3.63, 3.8) is 0 Å². The number of carbonyl (C=O) groups is 1. The van der Waals surface area contributed by atoms with Crippen LogP contribution in [0.2, 0.25) is 0 Å². The van der Waals surface area contributed by atoms with Gasteiger partial charge in [-0.3, -0.25) is 0 Å². The summed E-state index contributed by atoms with van der Waals surface area (Å²) in [5, 5.41) is 0.921. The van der Waals surface area contributed by atoms with E-state index in [1.54, 1.807) is 11.8 Å². The van der Waals surface area contributed by atoms with Crippen LogP contribution in [-0.2, 0) is 10.5 Å². The van der Waals surface area contributed by atoms with Crippen molar-refractivity contribution in [2.45, 2.75) is 17.6 Å². The molecule has 0 saturated heterocycles. The van der Waals surface area contributed by atoms with Crippen molar-refractivity contribution >= 4 is 41.0 Å². The van der Waals surface area contributed by atoms with Crippen molar-refractivity contribution in [1.29, 1.82) is 0 Å². The number of hydrogen-bond acceptors (Lipinski definition) is 3. The lowest BCUT2D eigenvalue weighted by Gasteiger charge is -2.05. The van der Waals surface area contributed by atoms with Gasteiger partial charge < -0.3 is 15.2 Å². The van der Waals surface area contributed by atoms with Crippen LogP contribution in [0.3, 0.4) is 0 Å². The largest absolute Gasteiger partial charge is 0.462 e. The smallest absolute Gasteiger partial charge is 0.340 e. The molecule has 4 nitrogen and oxygen atoms in total. The lowest BCUT2D eigenvalue weighted by molar-refractivity contribution is 0.0528. The highest BCUT2D eigenvalue weighted by Gasteiger charge is 2.19. The van der Waals surface area contributed by atoms with E-state index in [0.29, 0.717) is 17.9 Å². The Balaban J connectivity index is 0.00000144. The maximum absolute atomic E-state index is 12.3. The van der Waals surface area contributed by atoms with Crippen molar-refractivity contribution in [3.8, 4) is 0 Å². The highest BCUT2D eigenvalue weighted by Crippen LogP contribution is 2.29. The lowest BCUT2D eigenvalue weighted by Crippen LogP contribution is -2.06. The van der Waals surface area contributed by atoms with E-state index in [9.17, 15) is 4.79 Å². The molecule has 128 valence electrons. The molecule has 0 atom stereocenters. The maximum Gasteiger partial charge on any atom is 0.340 e. The number of carbonyl (C=O) groups excluding carboxylic acids is 1. The number of para-hydroxylation sites is 1. The molecule has 0 bridgehead atoms. The first-order chi connectivity index (χ1) is 10.8. The molecule has 0 radical (unpaired) electrons. The topological polar surface area (TPSA) is 73.6 Å². The van der Waals surface area contributed by atoms with E-state index in [1.807, 2.05) is 49.4 Å². The van der Waals surface area contributed by atoms with Gasteiger partial charge in [-0.2, -0.15) is 0 Å². The number of rotatable bonds is 5. The van der Waals surface area contributed by atoms with Crippen LogP contribution in [0, 0.1) is 0 Å². The molecule has 0 unspecified atom stereocenters. The van der Waals surface area contributed by atoms with E-state index in [2.05, 4.69) is 17.1 Å². The SMILES string of the molecule is CCOC(=O)c1c(CSc2ccccc2)[nH]c2ccccc12.Cl.O. The number of ether oxygens (including phenoxy) is 1. The van der Waals surface area contributed by atoms with Gasteiger partial charge in [0.1, 0.15) is 0 Å². The number of esters is 1. The number of halogens is 1. The minimum atomic E-state index is -0.261. The second kappa shape index (κ2) is 9.37. The van der Waals surface area contributed by atoms with E-state index in [1.165, 1.54) is 4.90 Å². The molecule has 24 heavy (non-hydrogen) atoms. The summed E-state index contributed by atoms with van der Waals surface area (Å²) < 4.78 is 5.22. The predicted molar refractivity (Wildman–Crippen MR) is 101 cm³/mol. The second-order valence-electron chi connectivity index (χ2n) is 4.85. The van der Waals surface area contributed by atoms with Gasteiger partial charge in [-0.05, 0) is 25.1 Å². The summed E-state index contributed by atoms with van der Waals surface area (Å²) in [7, 11) is 0. The monoisotopic (exact) mass is 365 g/mol.